The number of nitrogens with one attached hydrogen (secondary N) is 1. The average Bonchev–Trinajstić information content (AvgIpc) is 2.74. The first-order valence-corrected chi connectivity index (χ1v) is 11.4. The maximum atomic E-state index is 13.2. The molecule has 2 amide bonds. The summed E-state index contributed by atoms with van der Waals surface area (Å²) in [5.74, 6) is -0.193. The number of benzene rings is 2. The van der Waals surface area contributed by atoms with Crippen molar-refractivity contribution in [2.45, 2.75) is 45.7 Å². The van der Waals surface area contributed by atoms with E-state index in [1.165, 1.54) is 4.90 Å². The quantitative estimate of drug-likeness (QED) is 0.412. The predicted octanol–water partition coefficient (Wildman–Crippen LogP) is 5.75. The number of halogens is 3. The first kappa shape index (κ1) is 25.3. The minimum Gasteiger partial charge on any atom is -0.482 e. The van der Waals surface area contributed by atoms with Crippen LogP contribution >= 0.6 is 34.8 Å². The number of nitrogens with zero attached hydrogens (tertiary/aromatic N) is 1. The van der Waals surface area contributed by atoms with Gasteiger partial charge in [-0.2, -0.15) is 0 Å². The van der Waals surface area contributed by atoms with Crippen LogP contribution in [0, 0.1) is 0 Å². The third kappa shape index (κ3) is 7.60. The summed E-state index contributed by atoms with van der Waals surface area (Å²) in [5, 5.41) is 4.23. The van der Waals surface area contributed by atoms with Crippen molar-refractivity contribution in [1.82, 2.24) is 10.2 Å². The number of hydrogen-bond acceptors (Lipinski definition) is 3. The second kappa shape index (κ2) is 12.8. The van der Waals surface area contributed by atoms with E-state index in [2.05, 4.69) is 12.2 Å². The van der Waals surface area contributed by atoms with Crippen molar-refractivity contribution in [2.75, 3.05) is 13.2 Å². The van der Waals surface area contributed by atoms with Gasteiger partial charge in [-0.1, -0.05) is 73.3 Å². The molecular formula is C23H27Cl3N2O3. The molecule has 2 aromatic carbocycles. The molecule has 0 fully saturated rings. The Bertz CT molecular complexity index is 892. The van der Waals surface area contributed by atoms with Crippen LogP contribution in [0.2, 0.25) is 15.1 Å². The van der Waals surface area contributed by atoms with Crippen LogP contribution in [-0.4, -0.2) is 35.9 Å². The lowest BCUT2D eigenvalue weighted by Gasteiger charge is -2.31. The van der Waals surface area contributed by atoms with Gasteiger partial charge in [0.25, 0.3) is 5.91 Å². The summed E-state index contributed by atoms with van der Waals surface area (Å²) < 4.78 is 5.63. The Balaban J connectivity index is 2.21. The second-order valence-electron chi connectivity index (χ2n) is 7.05. The van der Waals surface area contributed by atoms with Crippen molar-refractivity contribution in [3.05, 3.63) is 63.1 Å². The number of amides is 2. The molecule has 1 N–H and O–H groups in total. The van der Waals surface area contributed by atoms with Crippen LogP contribution in [0.3, 0.4) is 0 Å². The Labute approximate surface area is 198 Å². The van der Waals surface area contributed by atoms with Crippen molar-refractivity contribution >= 4 is 46.6 Å². The highest BCUT2D eigenvalue weighted by molar-refractivity contribution is 6.35. The fraction of sp³-hybridized carbons (Fsp3) is 0.391. The van der Waals surface area contributed by atoms with E-state index in [0.29, 0.717) is 33.8 Å². The number of hydrogen-bond donors (Lipinski definition) is 1. The molecular weight excluding hydrogens is 459 g/mol. The maximum absolute atomic E-state index is 13.2. The number of carbonyl (C=O) groups is 2. The molecule has 2 aromatic rings. The Kier molecular flexibility index (Phi) is 10.4. The van der Waals surface area contributed by atoms with Crippen molar-refractivity contribution < 1.29 is 14.3 Å². The number of carbonyl (C=O) groups excluding carboxylic acids is 2. The van der Waals surface area contributed by atoms with Gasteiger partial charge in [-0.05, 0) is 42.7 Å². The molecule has 0 saturated heterocycles. The molecule has 31 heavy (non-hydrogen) atoms. The first-order chi connectivity index (χ1) is 14.9. The molecule has 0 saturated carbocycles. The molecule has 0 unspecified atom stereocenters. The third-order valence-electron chi connectivity index (χ3n) is 4.76. The fourth-order valence-corrected chi connectivity index (χ4v) is 3.71. The summed E-state index contributed by atoms with van der Waals surface area (Å²) in [6.45, 7) is 4.40. The molecule has 0 aliphatic heterocycles. The average molecular weight is 486 g/mol. The highest BCUT2D eigenvalue weighted by Gasteiger charge is 2.29. The van der Waals surface area contributed by atoms with Gasteiger partial charge >= 0.3 is 0 Å². The molecule has 0 aliphatic carbocycles. The highest BCUT2D eigenvalue weighted by Crippen LogP contribution is 2.28. The van der Waals surface area contributed by atoms with E-state index in [4.69, 9.17) is 39.5 Å². The normalized spacial score (nSPS) is 11.6. The Morgan fingerprint density at radius 1 is 1.06 bits per heavy atom. The second-order valence-corrected chi connectivity index (χ2v) is 8.30. The summed E-state index contributed by atoms with van der Waals surface area (Å²) in [6, 6.07) is 11.4. The molecule has 0 radical (unpaired) electrons. The number of rotatable bonds is 11. The molecule has 168 valence electrons. The molecule has 0 aliphatic rings. The fourth-order valence-electron chi connectivity index (χ4n) is 3.05. The zero-order valence-electron chi connectivity index (χ0n) is 17.7. The molecule has 5 nitrogen and oxygen atoms in total. The van der Waals surface area contributed by atoms with Crippen LogP contribution in [0.5, 0.6) is 5.75 Å². The largest absolute Gasteiger partial charge is 0.482 e. The van der Waals surface area contributed by atoms with Gasteiger partial charge in [0.2, 0.25) is 5.91 Å². The third-order valence-corrected chi connectivity index (χ3v) is 5.66. The Morgan fingerprint density at radius 3 is 2.45 bits per heavy atom. The number of ether oxygens (including phenoxy) is 1. The van der Waals surface area contributed by atoms with Gasteiger partial charge in [0.15, 0.2) is 6.61 Å². The van der Waals surface area contributed by atoms with E-state index in [-0.39, 0.29) is 25.0 Å². The molecule has 0 bridgehead atoms. The SMILES string of the molecule is CCCCNC(=O)[C@H](CC)N(Cc1ccccc1Cl)C(=O)COc1ccc(Cl)cc1Cl. The topological polar surface area (TPSA) is 58.6 Å². The Morgan fingerprint density at radius 2 is 1.81 bits per heavy atom. The van der Waals surface area contributed by atoms with Gasteiger partial charge in [0.1, 0.15) is 11.8 Å². The molecule has 1 atom stereocenters. The van der Waals surface area contributed by atoms with Crippen LogP contribution in [0.25, 0.3) is 0 Å². The lowest BCUT2D eigenvalue weighted by atomic mass is 10.1. The summed E-state index contributed by atoms with van der Waals surface area (Å²) >= 11 is 18.4. The van der Waals surface area contributed by atoms with E-state index in [9.17, 15) is 9.59 Å². The molecule has 2 rings (SSSR count). The zero-order valence-corrected chi connectivity index (χ0v) is 19.9. The monoisotopic (exact) mass is 484 g/mol. The molecule has 8 heteroatoms. The molecule has 0 aromatic heterocycles. The van der Waals surface area contributed by atoms with Crippen LogP contribution in [-0.2, 0) is 16.1 Å². The van der Waals surface area contributed by atoms with Crippen LogP contribution < -0.4 is 10.1 Å². The summed E-state index contributed by atoms with van der Waals surface area (Å²) in [5.41, 5.74) is 0.752. The van der Waals surface area contributed by atoms with E-state index < -0.39 is 6.04 Å². The lowest BCUT2D eigenvalue weighted by Crippen LogP contribution is -2.50. The predicted molar refractivity (Wildman–Crippen MR) is 126 cm³/mol. The van der Waals surface area contributed by atoms with Gasteiger partial charge < -0.3 is 15.0 Å². The van der Waals surface area contributed by atoms with Crippen LogP contribution in [0.1, 0.15) is 38.7 Å². The molecule has 0 spiro atoms. The standard InChI is InChI=1S/C23H27Cl3N2O3/c1-3-5-12-27-23(30)20(4-2)28(14-16-8-6-7-9-18(16)25)22(29)15-31-21-11-10-17(24)13-19(21)26/h6-11,13,20H,3-5,12,14-15H2,1-2H3,(H,27,30)/t20-/m0/s1. The van der Waals surface area contributed by atoms with Crippen LogP contribution in [0.15, 0.2) is 42.5 Å². The van der Waals surface area contributed by atoms with E-state index in [1.54, 1.807) is 24.3 Å². The van der Waals surface area contributed by atoms with Gasteiger partial charge in [0, 0.05) is 23.1 Å². The van der Waals surface area contributed by atoms with Gasteiger partial charge in [0.05, 0.1) is 5.02 Å². The van der Waals surface area contributed by atoms with Gasteiger partial charge in [-0.15, -0.1) is 0 Å². The number of unbranched alkanes of at least 4 members (excludes halogenated alkanes) is 1. The highest BCUT2D eigenvalue weighted by atomic mass is 35.5. The van der Waals surface area contributed by atoms with Crippen LogP contribution in [0.4, 0.5) is 0 Å². The lowest BCUT2D eigenvalue weighted by molar-refractivity contribution is -0.143. The summed E-state index contributed by atoms with van der Waals surface area (Å²) in [7, 11) is 0. The first-order valence-electron chi connectivity index (χ1n) is 10.3. The van der Waals surface area contributed by atoms with Crippen molar-refractivity contribution in [3.63, 3.8) is 0 Å². The van der Waals surface area contributed by atoms with Crippen molar-refractivity contribution in [2.24, 2.45) is 0 Å². The van der Waals surface area contributed by atoms with Gasteiger partial charge in [-0.3, -0.25) is 9.59 Å². The van der Waals surface area contributed by atoms with E-state index >= 15 is 0 Å². The summed E-state index contributed by atoms with van der Waals surface area (Å²) in [6.07, 6.45) is 2.30. The summed E-state index contributed by atoms with van der Waals surface area (Å²) in [4.78, 5) is 27.5. The smallest absolute Gasteiger partial charge is 0.261 e. The van der Waals surface area contributed by atoms with Gasteiger partial charge in [-0.25, -0.2) is 0 Å². The zero-order chi connectivity index (χ0) is 22.8. The van der Waals surface area contributed by atoms with Crippen molar-refractivity contribution in [3.8, 4) is 5.75 Å². The Hall–Kier alpha value is -1.95. The minimum atomic E-state index is -0.648. The minimum absolute atomic E-state index is 0.190. The maximum Gasteiger partial charge on any atom is 0.261 e. The van der Waals surface area contributed by atoms with E-state index in [1.807, 2.05) is 25.1 Å². The molecule has 0 heterocycles. The van der Waals surface area contributed by atoms with Crippen molar-refractivity contribution in [1.29, 1.82) is 0 Å². The van der Waals surface area contributed by atoms with E-state index in [0.717, 1.165) is 18.4 Å².